The molecule has 9 heteroatoms. The van der Waals surface area contributed by atoms with Gasteiger partial charge in [0.2, 0.25) is 11.8 Å². The molecule has 4 N–H and O–H groups in total. The summed E-state index contributed by atoms with van der Waals surface area (Å²) in [7, 11) is 0. The fraction of sp³-hybridized carbons (Fsp3) is 0.261. The smallest absolute Gasteiger partial charge is 0.283 e. The molecule has 0 saturated heterocycles. The lowest BCUT2D eigenvalue weighted by atomic mass is 9.87. The summed E-state index contributed by atoms with van der Waals surface area (Å²) >= 11 is 0. The Bertz CT molecular complexity index is 1200. The highest BCUT2D eigenvalue weighted by Gasteiger charge is 2.18. The van der Waals surface area contributed by atoms with Crippen LogP contribution in [0.25, 0.3) is 10.9 Å². The number of nitrogens with two attached hydrogens (primary N) is 1. The van der Waals surface area contributed by atoms with Gasteiger partial charge in [0.25, 0.3) is 11.8 Å². The molecule has 3 aromatic rings. The molecule has 0 bridgehead atoms. The minimum atomic E-state index is -0.698. The van der Waals surface area contributed by atoms with Gasteiger partial charge in [0.05, 0.1) is 5.52 Å². The third-order valence-corrected chi connectivity index (χ3v) is 4.91. The number of carbonyl (C=O) groups is 3. The number of amides is 3. The Kier molecular flexibility index (Phi) is 6.38. The molecule has 166 valence electrons. The van der Waals surface area contributed by atoms with Crippen LogP contribution in [0, 0.1) is 0 Å². The molecular formula is C23H25N5O4. The number of azo groups is 1. The van der Waals surface area contributed by atoms with Gasteiger partial charge in [-0.1, -0.05) is 51.1 Å². The van der Waals surface area contributed by atoms with Crippen molar-refractivity contribution in [3.8, 4) is 5.88 Å². The number of primary amides is 1. The maximum absolute atomic E-state index is 12.3. The molecule has 1 heterocycles. The van der Waals surface area contributed by atoms with E-state index in [2.05, 4.69) is 36.3 Å². The van der Waals surface area contributed by atoms with Crippen LogP contribution in [-0.4, -0.2) is 33.9 Å². The summed E-state index contributed by atoms with van der Waals surface area (Å²) < 4.78 is 1.29. The molecule has 1 aromatic heterocycles. The summed E-state index contributed by atoms with van der Waals surface area (Å²) in [6.45, 7) is 5.63. The molecule has 0 spiro atoms. The number of hydrogen-bond acceptors (Lipinski definition) is 5. The fourth-order valence-electron chi connectivity index (χ4n) is 3.21. The van der Waals surface area contributed by atoms with E-state index in [0.717, 1.165) is 5.56 Å². The first-order valence-electron chi connectivity index (χ1n) is 9.99. The predicted octanol–water partition coefficient (Wildman–Crippen LogP) is 3.17. The van der Waals surface area contributed by atoms with E-state index in [0.29, 0.717) is 16.5 Å². The molecular weight excluding hydrogens is 410 g/mol. The number of nitrogens with zero attached hydrogens (tertiary/aromatic N) is 3. The quantitative estimate of drug-likeness (QED) is 0.512. The van der Waals surface area contributed by atoms with Crippen LogP contribution in [0.4, 0.5) is 5.69 Å². The Morgan fingerprint density at radius 1 is 1.06 bits per heavy atom. The second kappa shape index (κ2) is 9.01. The maximum atomic E-state index is 12.3. The first kappa shape index (κ1) is 22.7. The van der Waals surface area contributed by atoms with E-state index < -0.39 is 17.7 Å². The van der Waals surface area contributed by atoms with Crippen LogP contribution in [-0.2, 0) is 21.5 Å². The van der Waals surface area contributed by atoms with Crippen LogP contribution < -0.4 is 11.1 Å². The van der Waals surface area contributed by atoms with E-state index in [4.69, 9.17) is 5.73 Å². The lowest BCUT2D eigenvalue weighted by Crippen LogP contribution is -2.28. The number of carbonyl (C=O) groups excluding carboxylic acids is 3. The van der Waals surface area contributed by atoms with E-state index in [1.807, 2.05) is 12.1 Å². The SMILES string of the molecule is CC(C)(C)c1ccc(C(=O)NCC(=O)N=Nc2c(O)n(CC(N)=O)c3ccccc23)cc1. The van der Waals surface area contributed by atoms with Crippen LogP contribution >= 0.6 is 0 Å². The van der Waals surface area contributed by atoms with Crippen molar-refractivity contribution in [2.24, 2.45) is 16.0 Å². The van der Waals surface area contributed by atoms with Crippen molar-refractivity contribution in [2.75, 3.05) is 6.54 Å². The lowest BCUT2D eigenvalue weighted by molar-refractivity contribution is -0.119. The van der Waals surface area contributed by atoms with Crippen molar-refractivity contribution < 1.29 is 19.5 Å². The molecule has 3 rings (SSSR count). The number of aromatic hydroxyl groups is 1. The van der Waals surface area contributed by atoms with Crippen LogP contribution in [0.3, 0.4) is 0 Å². The normalized spacial score (nSPS) is 11.7. The summed E-state index contributed by atoms with van der Waals surface area (Å²) in [5.41, 5.74) is 7.30. The van der Waals surface area contributed by atoms with E-state index in [1.165, 1.54) is 4.57 Å². The molecule has 32 heavy (non-hydrogen) atoms. The Morgan fingerprint density at radius 3 is 2.34 bits per heavy atom. The van der Waals surface area contributed by atoms with Gasteiger partial charge in [0.15, 0.2) is 5.69 Å². The van der Waals surface area contributed by atoms with Crippen molar-refractivity contribution in [3.63, 3.8) is 0 Å². The molecule has 0 radical (unpaired) electrons. The van der Waals surface area contributed by atoms with Gasteiger partial charge in [-0.2, -0.15) is 0 Å². The minimum Gasteiger partial charge on any atom is -0.493 e. The molecule has 0 aliphatic heterocycles. The number of aromatic nitrogens is 1. The largest absolute Gasteiger partial charge is 0.493 e. The van der Waals surface area contributed by atoms with Gasteiger partial charge in [-0.25, -0.2) is 0 Å². The molecule has 0 atom stereocenters. The van der Waals surface area contributed by atoms with Crippen LogP contribution in [0.5, 0.6) is 5.88 Å². The Hall–Kier alpha value is -4.01. The van der Waals surface area contributed by atoms with Crippen molar-refractivity contribution in [1.29, 1.82) is 0 Å². The molecule has 2 aromatic carbocycles. The van der Waals surface area contributed by atoms with Gasteiger partial charge in [-0.05, 0) is 29.2 Å². The van der Waals surface area contributed by atoms with Crippen molar-refractivity contribution in [1.82, 2.24) is 9.88 Å². The summed E-state index contributed by atoms with van der Waals surface area (Å²) in [6.07, 6.45) is 0. The second-order valence-corrected chi connectivity index (χ2v) is 8.35. The summed E-state index contributed by atoms with van der Waals surface area (Å²) in [4.78, 5) is 35.7. The molecule has 0 aliphatic carbocycles. The number of benzene rings is 2. The fourth-order valence-corrected chi connectivity index (χ4v) is 3.21. The summed E-state index contributed by atoms with van der Waals surface area (Å²) in [5.74, 6) is -2.07. The Balaban J connectivity index is 1.70. The molecule has 9 nitrogen and oxygen atoms in total. The molecule has 0 unspecified atom stereocenters. The average Bonchev–Trinajstić information content (AvgIpc) is 3.00. The maximum Gasteiger partial charge on any atom is 0.283 e. The van der Waals surface area contributed by atoms with Gasteiger partial charge >= 0.3 is 0 Å². The number of nitrogens with one attached hydrogen (secondary N) is 1. The van der Waals surface area contributed by atoms with Gasteiger partial charge < -0.3 is 20.7 Å². The van der Waals surface area contributed by atoms with Crippen LogP contribution in [0.1, 0.15) is 36.7 Å². The van der Waals surface area contributed by atoms with E-state index in [-0.39, 0.29) is 30.1 Å². The van der Waals surface area contributed by atoms with Gasteiger partial charge in [0, 0.05) is 10.9 Å². The standard InChI is InChI=1S/C23H25N5O4/c1-23(2,3)15-10-8-14(9-11-15)21(31)25-12-19(30)26-27-20-16-6-4-5-7-17(16)28(22(20)32)13-18(24)29/h4-11,32H,12-13H2,1-3H3,(H2,24,29)(H,25,31). The first-order chi connectivity index (χ1) is 15.1. The molecule has 0 aliphatic rings. The van der Waals surface area contributed by atoms with Gasteiger partial charge in [-0.3, -0.25) is 14.4 Å². The van der Waals surface area contributed by atoms with Gasteiger partial charge in [0.1, 0.15) is 13.1 Å². The van der Waals surface area contributed by atoms with Crippen molar-refractivity contribution in [2.45, 2.75) is 32.7 Å². The highest BCUT2D eigenvalue weighted by atomic mass is 16.3. The third-order valence-electron chi connectivity index (χ3n) is 4.91. The number of hydrogen-bond donors (Lipinski definition) is 3. The Labute approximate surface area is 184 Å². The van der Waals surface area contributed by atoms with E-state index in [1.54, 1.807) is 36.4 Å². The van der Waals surface area contributed by atoms with Gasteiger partial charge in [-0.15, -0.1) is 10.2 Å². The van der Waals surface area contributed by atoms with E-state index in [9.17, 15) is 19.5 Å². The summed E-state index contributed by atoms with van der Waals surface area (Å²) in [6, 6.07) is 14.0. The zero-order valence-electron chi connectivity index (χ0n) is 18.1. The second-order valence-electron chi connectivity index (χ2n) is 8.35. The molecule has 3 amide bonds. The zero-order chi connectivity index (χ0) is 23.5. The Morgan fingerprint density at radius 2 is 1.72 bits per heavy atom. The van der Waals surface area contributed by atoms with E-state index >= 15 is 0 Å². The third kappa shape index (κ3) is 5.00. The minimum absolute atomic E-state index is 0.0303. The number of fused-ring (bicyclic) bond motifs is 1. The zero-order valence-corrected chi connectivity index (χ0v) is 18.1. The predicted molar refractivity (Wildman–Crippen MR) is 120 cm³/mol. The molecule has 0 fully saturated rings. The first-order valence-corrected chi connectivity index (χ1v) is 9.99. The lowest BCUT2D eigenvalue weighted by Gasteiger charge is -2.18. The van der Waals surface area contributed by atoms with Crippen molar-refractivity contribution in [3.05, 3.63) is 59.7 Å². The number of para-hydroxylation sites is 1. The molecule has 0 saturated carbocycles. The monoisotopic (exact) mass is 435 g/mol. The highest BCUT2D eigenvalue weighted by molar-refractivity contribution is 5.97. The van der Waals surface area contributed by atoms with Crippen LogP contribution in [0.15, 0.2) is 58.8 Å². The average molecular weight is 435 g/mol. The number of rotatable bonds is 6. The van der Waals surface area contributed by atoms with Crippen LogP contribution in [0.2, 0.25) is 0 Å². The topological polar surface area (TPSA) is 139 Å². The highest BCUT2D eigenvalue weighted by Crippen LogP contribution is 2.38. The summed E-state index contributed by atoms with van der Waals surface area (Å²) in [5, 5.41) is 20.9. The van der Waals surface area contributed by atoms with Crippen molar-refractivity contribution >= 4 is 34.3 Å².